The normalized spacial score (nSPS) is 10.6. The number of benzene rings is 4. The Hall–Kier alpha value is -5.31. The van der Waals surface area contributed by atoms with Gasteiger partial charge in [-0.25, -0.2) is 10.2 Å². The van der Waals surface area contributed by atoms with Crippen molar-refractivity contribution in [1.82, 2.24) is 5.43 Å². The molecule has 1 N–H and O–H groups in total. The van der Waals surface area contributed by atoms with Crippen molar-refractivity contribution in [3.8, 4) is 39.9 Å². The van der Waals surface area contributed by atoms with Crippen LogP contribution in [0.5, 0.6) is 28.7 Å². The molecule has 0 heterocycles. The summed E-state index contributed by atoms with van der Waals surface area (Å²) in [4.78, 5) is 24.8. The third-order valence-electron chi connectivity index (χ3n) is 5.73. The Bertz CT molecular complexity index is 1440. The van der Waals surface area contributed by atoms with E-state index in [4.69, 9.17) is 23.7 Å². The van der Waals surface area contributed by atoms with Crippen LogP contribution in [0.3, 0.4) is 0 Å². The lowest BCUT2D eigenvalue weighted by Crippen LogP contribution is -2.24. The zero-order valence-corrected chi connectivity index (χ0v) is 22.2. The van der Waals surface area contributed by atoms with E-state index in [-0.39, 0.29) is 12.2 Å². The lowest BCUT2D eigenvalue weighted by atomic mass is 10.1. The molecule has 0 saturated heterocycles. The summed E-state index contributed by atoms with van der Waals surface area (Å²) in [6, 6.07) is 27.1. The Morgan fingerprint density at radius 3 is 1.95 bits per heavy atom. The summed E-state index contributed by atoms with van der Waals surface area (Å²) in [6.07, 6.45) is 1.47. The lowest BCUT2D eigenvalue weighted by molar-refractivity contribution is -0.123. The molecule has 0 aliphatic heterocycles. The quantitative estimate of drug-likeness (QED) is 0.122. The van der Waals surface area contributed by atoms with Crippen LogP contribution in [0.15, 0.2) is 96.1 Å². The van der Waals surface area contributed by atoms with Crippen molar-refractivity contribution in [3.05, 3.63) is 102 Å². The number of hydrazone groups is 1. The highest BCUT2D eigenvalue weighted by Crippen LogP contribution is 2.38. The maximum Gasteiger partial charge on any atom is 0.343 e. The molecular formula is C31H28N2O7. The zero-order chi connectivity index (χ0) is 28.3. The van der Waals surface area contributed by atoms with Gasteiger partial charge in [0, 0.05) is 0 Å². The highest BCUT2D eigenvalue weighted by Gasteiger charge is 2.18. The third-order valence-corrected chi connectivity index (χ3v) is 5.73. The number of nitrogens with zero attached hydrogens (tertiary/aromatic N) is 1. The standard InChI is InChI=1S/C31H28N2O7/c1-36-27-17-24(18-28(37-2)30(27)38-3)31(35)40-26-13-9-21(10-14-26)19-32-33-29(34)20-39-25-15-11-23(12-16-25)22-7-5-4-6-8-22/h4-19H,20H2,1-3H3,(H,33,34)/b32-19-. The molecule has 0 aromatic heterocycles. The van der Waals surface area contributed by atoms with Gasteiger partial charge in [-0.05, 0) is 65.2 Å². The van der Waals surface area contributed by atoms with Gasteiger partial charge in [0.2, 0.25) is 5.75 Å². The summed E-state index contributed by atoms with van der Waals surface area (Å²) in [5, 5.41) is 3.95. The Morgan fingerprint density at radius 1 is 0.750 bits per heavy atom. The first-order valence-electron chi connectivity index (χ1n) is 12.2. The number of hydrogen-bond donors (Lipinski definition) is 1. The van der Waals surface area contributed by atoms with Crippen molar-refractivity contribution in [1.29, 1.82) is 0 Å². The predicted molar refractivity (Wildman–Crippen MR) is 151 cm³/mol. The van der Waals surface area contributed by atoms with Gasteiger partial charge in [0.15, 0.2) is 18.1 Å². The fraction of sp³-hybridized carbons (Fsp3) is 0.129. The third kappa shape index (κ3) is 7.16. The second-order valence-corrected chi connectivity index (χ2v) is 8.34. The lowest BCUT2D eigenvalue weighted by Gasteiger charge is -2.13. The van der Waals surface area contributed by atoms with E-state index in [0.717, 1.165) is 11.1 Å². The van der Waals surface area contributed by atoms with Crippen LogP contribution in [0.25, 0.3) is 11.1 Å². The van der Waals surface area contributed by atoms with Gasteiger partial charge in [-0.1, -0.05) is 42.5 Å². The van der Waals surface area contributed by atoms with Crippen molar-refractivity contribution >= 4 is 18.1 Å². The van der Waals surface area contributed by atoms with Crippen LogP contribution >= 0.6 is 0 Å². The van der Waals surface area contributed by atoms with Gasteiger partial charge in [0.05, 0.1) is 33.1 Å². The Morgan fingerprint density at radius 2 is 1.35 bits per heavy atom. The van der Waals surface area contributed by atoms with Crippen molar-refractivity contribution in [2.45, 2.75) is 0 Å². The van der Waals surface area contributed by atoms with E-state index in [1.165, 1.54) is 39.7 Å². The minimum absolute atomic E-state index is 0.183. The number of esters is 1. The van der Waals surface area contributed by atoms with E-state index in [2.05, 4.69) is 10.5 Å². The van der Waals surface area contributed by atoms with Gasteiger partial charge < -0.3 is 23.7 Å². The number of rotatable bonds is 11. The molecule has 1 amide bonds. The summed E-state index contributed by atoms with van der Waals surface area (Å²) in [5.41, 5.74) is 5.51. The van der Waals surface area contributed by atoms with Gasteiger partial charge in [0.25, 0.3) is 5.91 Å². The number of hydrogen-bond acceptors (Lipinski definition) is 8. The molecule has 0 saturated carbocycles. The first-order chi connectivity index (χ1) is 19.5. The first-order valence-corrected chi connectivity index (χ1v) is 12.2. The molecule has 0 radical (unpaired) electrons. The second kappa shape index (κ2) is 13.5. The van der Waals surface area contributed by atoms with Crippen molar-refractivity contribution in [3.63, 3.8) is 0 Å². The van der Waals surface area contributed by atoms with Crippen LogP contribution in [-0.4, -0.2) is 46.0 Å². The topological polar surface area (TPSA) is 105 Å². The van der Waals surface area contributed by atoms with E-state index < -0.39 is 11.9 Å². The van der Waals surface area contributed by atoms with Gasteiger partial charge in [-0.3, -0.25) is 4.79 Å². The van der Waals surface area contributed by atoms with Crippen LogP contribution in [-0.2, 0) is 4.79 Å². The minimum atomic E-state index is -0.595. The summed E-state index contributed by atoms with van der Waals surface area (Å²) in [7, 11) is 4.41. The first kappa shape index (κ1) is 27.7. The van der Waals surface area contributed by atoms with Gasteiger partial charge in [-0.2, -0.15) is 5.10 Å². The maximum atomic E-state index is 12.7. The average Bonchev–Trinajstić information content (AvgIpc) is 3.00. The SMILES string of the molecule is COc1cc(C(=O)Oc2ccc(/C=N\NC(=O)COc3ccc(-c4ccccc4)cc3)cc2)cc(OC)c1OC. The highest BCUT2D eigenvalue weighted by atomic mass is 16.5. The van der Waals surface area contributed by atoms with Crippen molar-refractivity contribution in [2.24, 2.45) is 5.10 Å². The number of nitrogens with one attached hydrogen (secondary N) is 1. The molecule has 4 aromatic rings. The summed E-state index contributed by atoms with van der Waals surface area (Å²) >= 11 is 0. The zero-order valence-electron chi connectivity index (χ0n) is 22.2. The van der Waals surface area contributed by atoms with Crippen LogP contribution in [0.4, 0.5) is 0 Å². The molecule has 0 aliphatic rings. The molecule has 0 unspecified atom stereocenters. The smallest absolute Gasteiger partial charge is 0.343 e. The summed E-state index contributed by atoms with van der Waals surface area (Å²) in [6.45, 7) is -0.183. The molecule has 0 bridgehead atoms. The van der Waals surface area contributed by atoms with E-state index in [1.807, 2.05) is 54.6 Å². The number of ether oxygens (including phenoxy) is 5. The van der Waals surface area contributed by atoms with Crippen molar-refractivity contribution < 1.29 is 33.3 Å². The molecule has 4 aromatic carbocycles. The second-order valence-electron chi connectivity index (χ2n) is 8.34. The molecule has 0 atom stereocenters. The Balaban J connectivity index is 1.26. The summed E-state index contributed by atoms with van der Waals surface area (Å²) < 4.78 is 26.8. The highest BCUT2D eigenvalue weighted by molar-refractivity contribution is 5.93. The van der Waals surface area contributed by atoms with Gasteiger partial charge in [0.1, 0.15) is 11.5 Å². The van der Waals surface area contributed by atoms with Crippen LogP contribution in [0.2, 0.25) is 0 Å². The van der Waals surface area contributed by atoms with E-state index in [9.17, 15) is 9.59 Å². The van der Waals surface area contributed by atoms with E-state index in [1.54, 1.807) is 24.3 Å². The molecule has 0 fully saturated rings. The summed E-state index contributed by atoms with van der Waals surface area (Å²) in [5.74, 6) is 0.966. The molecule has 4 rings (SSSR count). The number of carbonyl (C=O) groups is 2. The van der Waals surface area contributed by atoms with Crippen molar-refractivity contribution in [2.75, 3.05) is 27.9 Å². The molecule has 9 nitrogen and oxygen atoms in total. The van der Waals surface area contributed by atoms with Crippen LogP contribution < -0.4 is 29.1 Å². The van der Waals surface area contributed by atoms with Crippen LogP contribution in [0, 0.1) is 0 Å². The maximum absolute atomic E-state index is 12.7. The van der Waals surface area contributed by atoms with Gasteiger partial charge >= 0.3 is 5.97 Å². The van der Waals surface area contributed by atoms with Crippen LogP contribution in [0.1, 0.15) is 15.9 Å². The molecule has 204 valence electrons. The fourth-order valence-corrected chi connectivity index (χ4v) is 3.72. The molecule has 0 aliphatic carbocycles. The number of amides is 1. The largest absolute Gasteiger partial charge is 0.493 e. The Kier molecular flexibility index (Phi) is 9.34. The molecule has 40 heavy (non-hydrogen) atoms. The molecule has 0 spiro atoms. The average molecular weight is 541 g/mol. The fourth-order valence-electron chi connectivity index (χ4n) is 3.72. The number of methoxy groups -OCH3 is 3. The predicted octanol–water partition coefficient (Wildman–Crippen LogP) is 5.13. The monoisotopic (exact) mass is 540 g/mol. The Labute approximate surface area is 231 Å². The van der Waals surface area contributed by atoms with E-state index >= 15 is 0 Å². The van der Waals surface area contributed by atoms with E-state index in [0.29, 0.717) is 34.3 Å². The number of carbonyl (C=O) groups excluding carboxylic acids is 2. The minimum Gasteiger partial charge on any atom is -0.493 e. The molecule has 9 heteroatoms. The van der Waals surface area contributed by atoms with Gasteiger partial charge in [-0.15, -0.1) is 0 Å². The molecular weight excluding hydrogens is 512 g/mol.